The number of H-pyrrole nitrogens is 1. The maximum absolute atomic E-state index is 11.4. The van der Waals surface area contributed by atoms with Gasteiger partial charge in [-0.15, -0.1) is 0 Å². The van der Waals surface area contributed by atoms with E-state index in [2.05, 4.69) is 9.97 Å². The van der Waals surface area contributed by atoms with Crippen molar-refractivity contribution in [3.63, 3.8) is 0 Å². The van der Waals surface area contributed by atoms with Crippen LogP contribution in [0.1, 0.15) is 19.7 Å². The maximum atomic E-state index is 11.4. The van der Waals surface area contributed by atoms with Crippen molar-refractivity contribution >= 4 is 23.0 Å². The van der Waals surface area contributed by atoms with Gasteiger partial charge in [0.2, 0.25) is 0 Å². The third kappa shape index (κ3) is 3.81. The molecule has 0 saturated heterocycles. The third-order valence-corrected chi connectivity index (χ3v) is 2.93. The number of aromatic nitrogens is 2. The molecule has 0 saturated carbocycles. The second-order valence-corrected chi connectivity index (χ2v) is 4.50. The SMILES string of the molecule is CCN(CC(C)C(N)=S)c1cc(=O)[nH]c(C)n1. The van der Waals surface area contributed by atoms with Crippen molar-refractivity contribution in [3.8, 4) is 0 Å². The van der Waals surface area contributed by atoms with E-state index in [0.717, 1.165) is 6.54 Å². The van der Waals surface area contributed by atoms with Gasteiger partial charge in [0.05, 0.1) is 4.99 Å². The predicted octanol–water partition coefficient (Wildman–Crippen LogP) is 0.827. The van der Waals surface area contributed by atoms with Gasteiger partial charge in [-0.2, -0.15) is 0 Å². The molecule has 0 amide bonds. The molecule has 0 aromatic carbocycles. The van der Waals surface area contributed by atoms with E-state index in [4.69, 9.17) is 18.0 Å². The summed E-state index contributed by atoms with van der Waals surface area (Å²) in [4.78, 5) is 20.8. The van der Waals surface area contributed by atoms with Crippen LogP contribution in [0.5, 0.6) is 0 Å². The van der Waals surface area contributed by atoms with Crippen molar-refractivity contribution in [3.05, 3.63) is 22.2 Å². The van der Waals surface area contributed by atoms with E-state index in [-0.39, 0.29) is 11.5 Å². The quantitative estimate of drug-likeness (QED) is 0.761. The van der Waals surface area contributed by atoms with Gasteiger partial charge in [-0.3, -0.25) is 4.79 Å². The highest BCUT2D eigenvalue weighted by Crippen LogP contribution is 2.10. The lowest BCUT2D eigenvalue weighted by molar-refractivity contribution is 0.696. The predicted molar refractivity (Wildman–Crippen MR) is 73.4 cm³/mol. The minimum atomic E-state index is -0.145. The fourth-order valence-electron chi connectivity index (χ4n) is 1.53. The van der Waals surface area contributed by atoms with Crippen LogP contribution < -0.4 is 16.2 Å². The first kappa shape index (κ1) is 13.6. The summed E-state index contributed by atoms with van der Waals surface area (Å²) < 4.78 is 0. The fourth-order valence-corrected chi connectivity index (χ4v) is 1.61. The molecule has 0 fully saturated rings. The van der Waals surface area contributed by atoms with Crippen molar-refractivity contribution in [2.75, 3.05) is 18.0 Å². The molecule has 0 aliphatic carbocycles. The minimum Gasteiger partial charge on any atom is -0.393 e. The van der Waals surface area contributed by atoms with E-state index in [1.54, 1.807) is 6.92 Å². The van der Waals surface area contributed by atoms with Gasteiger partial charge in [0.1, 0.15) is 11.6 Å². The van der Waals surface area contributed by atoms with Gasteiger partial charge in [-0.25, -0.2) is 4.98 Å². The van der Waals surface area contributed by atoms with Gasteiger partial charge < -0.3 is 15.6 Å². The number of hydrogen-bond donors (Lipinski definition) is 2. The van der Waals surface area contributed by atoms with E-state index in [1.807, 2.05) is 18.7 Å². The molecule has 1 unspecified atom stereocenters. The smallest absolute Gasteiger partial charge is 0.252 e. The number of nitrogens with zero attached hydrogens (tertiary/aromatic N) is 2. The number of rotatable bonds is 5. The Bertz CT molecular complexity index is 457. The van der Waals surface area contributed by atoms with Gasteiger partial charge in [0.15, 0.2) is 0 Å². The molecule has 0 aliphatic rings. The van der Waals surface area contributed by atoms with E-state index in [0.29, 0.717) is 23.2 Å². The first-order chi connectivity index (χ1) is 7.93. The zero-order valence-corrected chi connectivity index (χ0v) is 11.2. The van der Waals surface area contributed by atoms with Crippen molar-refractivity contribution in [2.45, 2.75) is 20.8 Å². The summed E-state index contributed by atoms with van der Waals surface area (Å²) in [7, 11) is 0. The summed E-state index contributed by atoms with van der Waals surface area (Å²) in [6.45, 7) is 7.15. The molecule has 94 valence electrons. The second-order valence-electron chi connectivity index (χ2n) is 4.03. The highest BCUT2D eigenvalue weighted by Gasteiger charge is 2.13. The first-order valence-corrected chi connectivity index (χ1v) is 5.97. The van der Waals surface area contributed by atoms with Crippen molar-refractivity contribution in [1.29, 1.82) is 0 Å². The lowest BCUT2D eigenvalue weighted by Gasteiger charge is -2.25. The van der Waals surface area contributed by atoms with Crippen LogP contribution in [0.25, 0.3) is 0 Å². The third-order valence-electron chi connectivity index (χ3n) is 2.53. The molecule has 1 aromatic heterocycles. The number of thiocarbonyl (C=S) groups is 1. The van der Waals surface area contributed by atoms with Crippen LogP contribution in [0, 0.1) is 12.8 Å². The summed E-state index contributed by atoms with van der Waals surface area (Å²) in [6, 6.07) is 1.49. The summed E-state index contributed by atoms with van der Waals surface area (Å²) in [5, 5.41) is 0. The van der Waals surface area contributed by atoms with E-state index >= 15 is 0 Å². The molecule has 1 heterocycles. The number of nitrogens with one attached hydrogen (secondary N) is 1. The van der Waals surface area contributed by atoms with Gasteiger partial charge >= 0.3 is 0 Å². The van der Waals surface area contributed by atoms with Crippen LogP contribution in [0.15, 0.2) is 10.9 Å². The Kier molecular flexibility index (Phi) is 4.62. The molecular weight excluding hydrogens is 236 g/mol. The fraction of sp³-hybridized carbons (Fsp3) is 0.545. The zero-order valence-electron chi connectivity index (χ0n) is 10.4. The summed E-state index contributed by atoms with van der Waals surface area (Å²) >= 11 is 4.95. The molecule has 0 radical (unpaired) electrons. The number of anilines is 1. The molecule has 3 N–H and O–H groups in total. The topological polar surface area (TPSA) is 75.0 Å². The number of aryl methyl sites for hydroxylation is 1. The van der Waals surface area contributed by atoms with E-state index < -0.39 is 0 Å². The lowest BCUT2D eigenvalue weighted by atomic mass is 10.1. The van der Waals surface area contributed by atoms with E-state index in [1.165, 1.54) is 6.07 Å². The first-order valence-electron chi connectivity index (χ1n) is 5.56. The van der Waals surface area contributed by atoms with Gasteiger partial charge in [-0.1, -0.05) is 19.1 Å². The molecule has 0 spiro atoms. The zero-order chi connectivity index (χ0) is 13.0. The monoisotopic (exact) mass is 254 g/mol. The maximum Gasteiger partial charge on any atom is 0.252 e. The second kappa shape index (κ2) is 5.77. The molecule has 6 heteroatoms. The lowest BCUT2D eigenvalue weighted by Crippen LogP contribution is -2.35. The Balaban J connectivity index is 2.93. The van der Waals surface area contributed by atoms with Crippen molar-refractivity contribution in [2.24, 2.45) is 11.7 Å². The summed E-state index contributed by atoms with van der Waals surface area (Å²) in [5.41, 5.74) is 5.45. The highest BCUT2D eigenvalue weighted by atomic mass is 32.1. The Morgan fingerprint density at radius 1 is 1.71 bits per heavy atom. The Morgan fingerprint density at radius 3 is 2.82 bits per heavy atom. The van der Waals surface area contributed by atoms with Crippen LogP contribution in [0.3, 0.4) is 0 Å². The van der Waals surface area contributed by atoms with Gasteiger partial charge in [0, 0.05) is 25.1 Å². The number of aromatic amines is 1. The Morgan fingerprint density at radius 2 is 2.35 bits per heavy atom. The highest BCUT2D eigenvalue weighted by molar-refractivity contribution is 7.80. The molecular formula is C11H18N4OS. The average Bonchev–Trinajstić information content (AvgIpc) is 2.23. The van der Waals surface area contributed by atoms with Crippen molar-refractivity contribution < 1.29 is 0 Å². The van der Waals surface area contributed by atoms with Crippen LogP contribution in [-0.4, -0.2) is 28.0 Å². The van der Waals surface area contributed by atoms with Crippen LogP contribution in [0.2, 0.25) is 0 Å². The number of nitrogens with two attached hydrogens (primary N) is 1. The summed E-state index contributed by atoms with van der Waals surface area (Å²) in [6.07, 6.45) is 0. The van der Waals surface area contributed by atoms with Crippen LogP contribution in [0.4, 0.5) is 5.82 Å². The van der Waals surface area contributed by atoms with Crippen LogP contribution in [-0.2, 0) is 0 Å². The molecule has 17 heavy (non-hydrogen) atoms. The van der Waals surface area contributed by atoms with Crippen LogP contribution >= 0.6 is 12.2 Å². The number of hydrogen-bond acceptors (Lipinski definition) is 4. The molecule has 0 bridgehead atoms. The van der Waals surface area contributed by atoms with E-state index in [9.17, 15) is 4.79 Å². The molecule has 5 nitrogen and oxygen atoms in total. The Labute approximate surface area is 106 Å². The van der Waals surface area contributed by atoms with Gasteiger partial charge in [0.25, 0.3) is 5.56 Å². The molecule has 1 atom stereocenters. The minimum absolute atomic E-state index is 0.0892. The van der Waals surface area contributed by atoms with Gasteiger partial charge in [-0.05, 0) is 13.8 Å². The standard InChI is InChI=1S/C11H18N4OS/c1-4-15(6-7(2)11(12)17)9-5-10(16)14-8(3)13-9/h5,7H,4,6H2,1-3H3,(H2,12,17)(H,13,14,16). The normalized spacial score (nSPS) is 12.2. The molecule has 1 rings (SSSR count). The molecule has 1 aromatic rings. The summed E-state index contributed by atoms with van der Waals surface area (Å²) in [5.74, 6) is 1.36. The molecule has 0 aliphatic heterocycles. The van der Waals surface area contributed by atoms with Crippen molar-refractivity contribution in [1.82, 2.24) is 9.97 Å². The largest absolute Gasteiger partial charge is 0.393 e. The Hall–Kier alpha value is -1.43. The average molecular weight is 254 g/mol.